The summed E-state index contributed by atoms with van der Waals surface area (Å²) >= 11 is 1.67. The molecule has 0 aliphatic carbocycles. The van der Waals surface area contributed by atoms with Crippen LogP contribution in [-0.2, 0) is 11.3 Å². The van der Waals surface area contributed by atoms with Gasteiger partial charge in [0.25, 0.3) is 0 Å². The molecule has 3 atom stereocenters. The van der Waals surface area contributed by atoms with E-state index in [4.69, 9.17) is 10.5 Å². The maximum Gasteiger partial charge on any atom is 0.109 e. The van der Waals surface area contributed by atoms with Crippen molar-refractivity contribution in [2.75, 3.05) is 13.1 Å². The zero-order valence-corrected chi connectivity index (χ0v) is 10.9. The van der Waals surface area contributed by atoms with Gasteiger partial charge in [-0.2, -0.15) is 0 Å². The minimum Gasteiger partial charge on any atom is -0.372 e. The highest BCUT2D eigenvalue weighted by Gasteiger charge is 2.33. The zero-order chi connectivity index (χ0) is 11.8. The van der Waals surface area contributed by atoms with Crippen molar-refractivity contribution >= 4 is 11.3 Å². The molecule has 17 heavy (non-hydrogen) atoms. The first-order valence-electron chi connectivity index (χ1n) is 6.28. The lowest BCUT2D eigenvalue weighted by Gasteiger charge is -2.31. The van der Waals surface area contributed by atoms with Crippen LogP contribution in [0.15, 0.2) is 5.38 Å². The lowest BCUT2D eigenvalue weighted by Crippen LogP contribution is -2.42. The van der Waals surface area contributed by atoms with Gasteiger partial charge in [0, 0.05) is 25.0 Å². The molecule has 3 unspecified atom stereocenters. The Morgan fingerprint density at radius 2 is 2.24 bits per heavy atom. The van der Waals surface area contributed by atoms with Crippen molar-refractivity contribution in [3.05, 3.63) is 16.1 Å². The SMILES string of the molecule is CC(N)c1nc(CN2CC3CCC(C2)O3)cs1. The molecular weight excluding hydrogens is 234 g/mol. The third-order valence-electron chi connectivity index (χ3n) is 3.46. The van der Waals surface area contributed by atoms with Crippen LogP contribution in [0.2, 0.25) is 0 Å². The largest absolute Gasteiger partial charge is 0.372 e. The fraction of sp³-hybridized carbons (Fsp3) is 0.750. The maximum absolute atomic E-state index is 5.83. The summed E-state index contributed by atoms with van der Waals surface area (Å²) in [6.07, 6.45) is 3.37. The molecule has 3 rings (SSSR count). The van der Waals surface area contributed by atoms with Gasteiger partial charge in [-0.15, -0.1) is 11.3 Å². The Hall–Kier alpha value is -0.490. The number of morpholine rings is 1. The van der Waals surface area contributed by atoms with Crippen LogP contribution in [-0.4, -0.2) is 35.2 Å². The number of hydrogen-bond donors (Lipinski definition) is 1. The number of thiazole rings is 1. The van der Waals surface area contributed by atoms with Crippen LogP contribution in [0.4, 0.5) is 0 Å². The van der Waals surface area contributed by atoms with Crippen LogP contribution in [0.25, 0.3) is 0 Å². The van der Waals surface area contributed by atoms with Gasteiger partial charge in [0.15, 0.2) is 0 Å². The van der Waals surface area contributed by atoms with E-state index in [0.29, 0.717) is 12.2 Å². The van der Waals surface area contributed by atoms with Gasteiger partial charge in [-0.25, -0.2) is 4.98 Å². The summed E-state index contributed by atoms with van der Waals surface area (Å²) in [6.45, 7) is 5.04. The maximum atomic E-state index is 5.83. The van der Waals surface area contributed by atoms with Crippen molar-refractivity contribution in [2.24, 2.45) is 5.73 Å². The van der Waals surface area contributed by atoms with Crippen molar-refractivity contribution in [1.29, 1.82) is 0 Å². The zero-order valence-electron chi connectivity index (χ0n) is 10.1. The van der Waals surface area contributed by atoms with Crippen molar-refractivity contribution < 1.29 is 4.74 Å². The van der Waals surface area contributed by atoms with E-state index in [-0.39, 0.29) is 6.04 Å². The molecule has 94 valence electrons. The molecule has 4 nitrogen and oxygen atoms in total. The Morgan fingerprint density at radius 3 is 2.82 bits per heavy atom. The van der Waals surface area contributed by atoms with E-state index in [1.807, 2.05) is 6.92 Å². The molecule has 2 aliphatic rings. The quantitative estimate of drug-likeness (QED) is 0.887. The predicted octanol–water partition coefficient (Wildman–Crippen LogP) is 1.53. The predicted molar refractivity (Wildman–Crippen MR) is 67.9 cm³/mol. The highest BCUT2D eigenvalue weighted by atomic mass is 32.1. The number of nitrogens with two attached hydrogens (primary N) is 1. The highest BCUT2D eigenvalue weighted by molar-refractivity contribution is 7.09. The first-order valence-corrected chi connectivity index (χ1v) is 7.16. The molecule has 2 aliphatic heterocycles. The Morgan fingerprint density at radius 1 is 1.53 bits per heavy atom. The van der Waals surface area contributed by atoms with Gasteiger partial charge in [-0.1, -0.05) is 0 Å². The lowest BCUT2D eigenvalue weighted by molar-refractivity contribution is -0.0413. The first-order chi connectivity index (χ1) is 8.20. The van der Waals surface area contributed by atoms with E-state index in [1.165, 1.54) is 12.8 Å². The molecule has 0 amide bonds. The van der Waals surface area contributed by atoms with E-state index in [9.17, 15) is 0 Å². The first kappa shape index (κ1) is 11.6. The summed E-state index contributed by atoms with van der Waals surface area (Å²) in [5.41, 5.74) is 6.98. The van der Waals surface area contributed by atoms with Gasteiger partial charge >= 0.3 is 0 Å². The fourth-order valence-electron chi connectivity index (χ4n) is 2.66. The molecule has 2 bridgehead atoms. The standard InChI is InChI=1S/C12H19N3OS/c1-8(13)12-14-9(7-17-12)4-15-5-10-2-3-11(6-15)16-10/h7-8,10-11H,2-6,13H2,1H3. The van der Waals surface area contributed by atoms with Gasteiger partial charge in [0.2, 0.25) is 0 Å². The average molecular weight is 253 g/mol. The summed E-state index contributed by atoms with van der Waals surface area (Å²) in [4.78, 5) is 7.05. The average Bonchev–Trinajstić information content (AvgIpc) is 2.86. The third kappa shape index (κ3) is 2.52. The van der Waals surface area contributed by atoms with E-state index in [0.717, 1.165) is 30.3 Å². The summed E-state index contributed by atoms with van der Waals surface area (Å²) in [5, 5.41) is 3.17. The Kier molecular flexibility index (Phi) is 3.17. The Bertz CT molecular complexity index is 381. The number of fused-ring (bicyclic) bond motifs is 2. The van der Waals surface area contributed by atoms with Crippen molar-refractivity contribution in [2.45, 2.75) is 44.6 Å². The fourth-order valence-corrected chi connectivity index (χ4v) is 3.43. The number of nitrogens with zero attached hydrogens (tertiary/aromatic N) is 2. The van der Waals surface area contributed by atoms with Gasteiger partial charge in [0.05, 0.1) is 23.9 Å². The molecule has 3 heterocycles. The van der Waals surface area contributed by atoms with Crippen LogP contribution in [0.3, 0.4) is 0 Å². The number of aromatic nitrogens is 1. The van der Waals surface area contributed by atoms with Gasteiger partial charge in [0.1, 0.15) is 5.01 Å². The van der Waals surface area contributed by atoms with Gasteiger partial charge in [-0.3, -0.25) is 4.90 Å². The third-order valence-corrected chi connectivity index (χ3v) is 4.56. The number of hydrogen-bond acceptors (Lipinski definition) is 5. The van der Waals surface area contributed by atoms with Crippen molar-refractivity contribution in [3.63, 3.8) is 0 Å². The molecular formula is C12H19N3OS. The normalized spacial score (nSPS) is 30.7. The van der Waals surface area contributed by atoms with Crippen molar-refractivity contribution in [3.8, 4) is 0 Å². The van der Waals surface area contributed by atoms with Crippen LogP contribution in [0, 0.1) is 0 Å². The molecule has 0 aromatic carbocycles. The second kappa shape index (κ2) is 4.65. The van der Waals surface area contributed by atoms with Gasteiger partial charge < -0.3 is 10.5 Å². The minimum absolute atomic E-state index is 0.0506. The van der Waals surface area contributed by atoms with E-state index in [2.05, 4.69) is 15.3 Å². The van der Waals surface area contributed by atoms with E-state index >= 15 is 0 Å². The Balaban J connectivity index is 1.62. The summed E-state index contributed by atoms with van der Waals surface area (Å²) in [5.74, 6) is 0. The number of ether oxygens (including phenoxy) is 1. The van der Waals surface area contributed by atoms with E-state index < -0.39 is 0 Å². The van der Waals surface area contributed by atoms with Crippen LogP contribution in [0.5, 0.6) is 0 Å². The van der Waals surface area contributed by atoms with Crippen LogP contribution in [0.1, 0.15) is 36.5 Å². The molecule has 0 spiro atoms. The second-order valence-electron chi connectivity index (χ2n) is 5.12. The monoisotopic (exact) mass is 253 g/mol. The van der Waals surface area contributed by atoms with Crippen LogP contribution >= 0.6 is 11.3 Å². The lowest BCUT2D eigenvalue weighted by atomic mass is 10.2. The molecule has 1 aromatic heterocycles. The van der Waals surface area contributed by atoms with Crippen LogP contribution < -0.4 is 5.73 Å². The molecule has 2 N–H and O–H groups in total. The molecule has 1 aromatic rings. The minimum atomic E-state index is 0.0506. The van der Waals surface area contributed by atoms with Crippen molar-refractivity contribution in [1.82, 2.24) is 9.88 Å². The number of rotatable bonds is 3. The second-order valence-corrected chi connectivity index (χ2v) is 6.01. The Labute approximate surface area is 106 Å². The van der Waals surface area contributed by atoms with E-state index in [1.54, 1.807) is 11.3 Å². The highest BCUT2D eigenvalue weighted by Crippen LogP contribution is 2.27. The topological polar surface area (TPSA) is 51.4 Å². The summed E-state index contributed by atoms with van der Waals surface area (Å²) < 4.78 is 5.83. The number of likely N-dealkylation sites (tertiary alicyclic amines) is 1. The molecule has 0 saturated carbocycles. The molecule has 0 radical (unpaired) electrons. The molecule has 2 saturated heterocycles. The van der Waals surface area contributed by atoms with Gasteiger partial charge in [-0.05, 0) is 19.8 Å². The smallest absolute Gasteiger partial charge is 0.109 e. The summed E-state index contributed by atoms with van der Waals surface area (Å²) in [6, 6.07) is 0.0506. The summed E-state index contributed by atoms with van der Waals surface area (Å²) in [7, 11) is 0. The molecule has 5 heteroatoms. The molecule has 2 fully saturated rings.